The lowest BCUT2D eigenvalue weighted by Crippen LogP contribution is -2.25. The van der Waals surface area contributed by atoms with Crippen molar-refractivity contribution in [2.24, 2.45) is 0 Å². The van der Waals surface area contributed by atoms with Crippen LogP contribution >= 0.6 is 11.3 Å². The molecule has 0 atom stereocenters. The number of nitrogens with zero attached hydrogens (tertiary/aromatic N) is 1. The van der Waals surface area contributed by atoms with Gasteiger partial charge in [0.05, 0.1) is 21.7 Å². The largest absolute Gasteiger partial charge is 0.396 e. The highest BCUT2D eigenvalue weighted by Gasteiger charge is 2.13. The first-order chi connectivity index (χ1) is 10.8. The molecule has 2 N–H and O–H groups in total. The molecule has 0 unspecified atom stereocenters. The smallest absolute Gasteiger partial charge is 0.252 e. The quantitative estimate of drug-likeness (QED) is 0.712. The van der Waals surface area contributed by atoms with Crippen molar-refractivity contribution in [2.45, 2.75) is 6.42 Å². The van der Waals surface area contributed by atoms with Gasteiger partial charge in [0.1, 0.15) is 0 Å². The molecule has 0 fully saturated rings. The predicted octanol–water partition coefficient (Wildman–Crippen LogP) is 3.08. The zero-order chi connectivity index (χ0) is 15.4. The van der Waals surface area contributed by atoms with Gasteiger partial charge < -0.3 is 10.4 Å². The fourth-order valence-electron chi connectivity index (χ4n) is 2.29. The molecule has 2 heterocycles. The van der Waals surface area contributed by atoms with Crippen LogP contribution in [0.1, 0.15) is 16.8 Å². The number of nitrogens with one attached hydrogen (secondary N) is 1. The van der Waals surface area contributed by atoms with Gasteiger partial charge in [-0.1, -0.05) is 24.3 Å². The van der Waals surface area contributed by atoms with E-state index >= 15 is 0 Å². The summed E-state index contributed by atoms with van der Waals surface area (Å²) in [4.78, 5) is 18.1. The Kier molecular flexibility index (Phi) is 4.46. The third-order valence-electron chi connectivity index (χ3n) is 3.35. The number of aliphatic hydroxyl groups excluding tert-OH is 1. The summed E-state index contributed by atoms with van der Waals surface area (Å²) in [5.74, 6) is -0.134. The van der Waals surface area contributed by atoms with Crippen LogP contribution in [0.25, 0.3) is 21.5 Å². The monoisotopic (exact) mass is 312 g/mol. The summed E-state index contributed by atoms with van der Waals surface area (Å²) in [5, 5.41) is 14.5. The first-order valence-electron chi connectivity index (χ1n) is 7.12. The standard InChI is InChI=1S/C17H16N2O2S/c20-9-4-8-18-17(21)13-11-15(16-7-3-10-22-16)19-14-6-2-1-5-12(13)14/h1-3,5-7,10-11,20H,4,8-9H2,(H,18,21). The fourth-order valence-corrected chi connectivity index (χ4v) is 2.98. The molecule has 5 heteroatoms. The van der Waals surface area contributed by atoms with Gasteiger partial charge >= 0.3 is 0 Å². The maximum atomic E-state index is 12.4. The van der Waals surface area contributed by atoms with Crippen molar-refractivity contribution in [2.75, 3.05) is 13.2 Å². The van der Waals surface area contributed by atoms with Crippen molar-refractivity contribution in [3.05, 3.63) is 53.4 Å². The molecule has 0 spiro atoms. The molecule has 3 rings (SSSR count). The number of aromatic nitrogens is 1. The minimum absolute atomic E-state index is 0.0673. The topological polar surface area (TPSA) is 62.2 Å². The summed E-state index contributed by atoms with van der Waals surface area (Å²) in [7, 11) is 0. The predicted molar refractivity (Wildman–Crippen MR) is 89.1 cm³/mol. The zero-order valence-corrected chi connectivity index (χ0v) is 12.8. The van der Waals surface area contributed by atoms with Gasteiger partial charge in [-0.05, 0) is 30.0 Å². The molecule has 4 nitrogen and oxygen atoms in total. The number of pyridine rings is 1. The minimum Gasteiger partial charge on any atom is -0.396 e. The molecule has 1 aromatic carbocycles. The Morgan fingerprint density at radius 1 is 1.23 bits per heavy atom. The molecule has 0 aliphatic rings. The fraction of sp³-hybridized carbons (Fsp3) is 0.176. The number of amides is 1. The number of benzene rings is 1. The van der Waals surface area contributed by atoms with Crippen LogP contribution in [0.4, 0.5) is 0 Å². The number of carbonyl (C=O) groups is 1. The lowest BCUT2D eigenvalue weighted by atomic mass is 10.1. The van der Waals surface area contributed by atoms with Crippen LogP contribution in [0.3, 0.4) is 0 Å². The lowest BCUT2D eigenvalue weighted by molar-refractivity contribution is 0.0953. The van der Waals surface area contributed by atoms with Crippen molar-refractivity contribution in [1.29, 1.82) is 0 Å². The summed E-state index contributed by atoms with van der Waals surface area (Å²) in [5.41, 5.74) is 2.23. The van der Waals surface area contributed by atoms with Gasteiger partial charge in [-0.15, -0.1) is 11.3 Å². The van der Waals surface area contributed by atoms with Crippen molar-refractivity contribution < 1.29 is 9.90 Å². The maximum absolute atomic E-state index is 12.4. The third-order valence-corrected chi connectivity index (χ3v) is 4.25. The first-order valence-corrected chi connectivity index (χ1v) is 8.00. The van der Waals surface area contributed by atoms with Crippen LogP contribution in [0.5, 0.6) is 0 Å². The molecule has 112 valence electrons. The van der Waals surface area contributed by atoms with Gasteiger partial charge in [0.15, 0.2) is 0 Å². The molecule has 0 bridgehead atoms. The summed E-state index contributed by atoms with van der Waals surface area (Å²) in [6.45, 7) is 0.526. The third kappa shape index (κ3) is 3.00. The SMILES string of the molecule is O=C(NCCCO)c1cc(-c2cccs2)nc2ccccc12. The zero-order valence-electron chi connectivity index (χ0n) is 12.0. The number of hydrogen-bond donors (Lipinski definition) is 2. The highest BCUT2D eigenvalue weighted by atomic mass is 32.1. The number of aliphatic hydroxyl groups is 1. The molecule has 0 saturated carbocycles. The van der Waals surface area contributed by atoms with Crippen LogP contribution < -0.4 is 5.32 Å². The Morgan fingerprint density at radius 2 is 2.09 bits per heavy atom. The van der Waals surface area contributed by atoms with E-state index in [2.05, 4.69) is 10.3 Å². The molecular weight excluding hydrogens is 296 g/mol. The van der Waals surface area contributed by atoms with Crippen LogP contribution in [0.15, 0.2) is 47.8 Å². The number of fused-ring (bicyclic) bond motifs is 1. The summed E-state index contributed by atoms with van der Waals surface area (Å²) >= 11 is 1.60. The van der Waals surface area contributed by atoms with Crippen molar-refractivity contribution in [3.8, 4) is 10.6 Å². The number of hydrogen-bond acceptors (Lipinski definition) is 4. The molecular formula is C17H16N2O2S. The van der Waals surface area contributed by atoms with E-state index in [0.29, 0.717) is 18.5 Å². The van der Waals surface area contributed by atoms with Gasteiger partial charge in [-0.25, -0.2) is 4.98 Å². The summed E-state index contributed by atoms with van der Waals surface area (Å²) in [6.07, 6.45) is 0.548. The van der Waals surface area contributed by atoms with Crippen LogP contribution in [0.2, 0.25) is 0 Å². The average Bonchev–Trinajstić information content (AvgIpc) is 3.08. The van der Waals surface area contributed by atoms with E-state index in [1.165, 1.54) is 0 Å². The van der Waals surface area contributed by atoms with Crippen molar-refractivity contribution in [1.82, 2.24) is 10.3 Å². The maximum Gasteiger partial charge on any atom is 0.252 e. The Hall–Kier alpha value is -2.24. The Labute approximate surface area is 132 Å². The van der Waals surface area contributed by atoms with Crippen molar-refractivity contribution in [3.63, 3.8) is 0 Å². The van der Waals surface area contributed by atoms with Gasteiger partial charge in [0.2, 0.25) is 0 Å². The Bertz CT molecular complexity index is 784. The van der Waals surface area contributed by atoms with E-state index in [0.717, 1.165) is 21.5 Å². The number of rotatable bonds is 5. The van der Waals surface area contributed by atoms with Crippen LogP contribution in [-0.2, 0) is 0 Å². The number of carbonyl (C=O) groups excluding carboxylic acids is 1. The molecule has 0 saturated heterocycles. The molecule has 3 aromatic rings. The van der Waals surface area contributed by atoms with Gasteiger partial charge in [0, 0.05) is 18.5 Å². The van der Waals surface area contributed by atoms with Gasteiger partial charge in [0.25, 0.3) is 5.91 Å². The molecule has 0 radical (unpaired) electrons. The van der Waals surface area contributed by atoms with E-state index in [9.17, 15) is 4.79 Å². The van der Waals surface area contributed by atoms with E-state index in [4.69, 9.17) is 5.11 Å². The summed E-state index contributed by atoms with van der Waals surface area (Å²) in [6, 6.07) is 13.4. The molecule has 0 aliphatic carbocycles. The van der Waals surface area contributed by atoms with Crippen molar-refractivity contribution >= 4 is 28.1 Å². The minimum atomic E-state index is -0.134. The molecule has 22 heavy (non-hydrogen) atoms. The Balaban J connectivity index is 2.05. The number of para-hydroxylation sites is 1. The second-order valence-corrected chi connectivity index (χ2v) is 5.83. The van der Waals surface area contributed by atoms with E-state index in [1.807, 2.05) is 47.8 Å². The second kappa shape index (κ2) is 6.68. The number of thiophene rings is 1. The molecule has 2 aromatic heterocycles. The van der Waals surface area contributed by atoms with Gasteiger partial charge in [-0.2, -0.15) is 0 Å². The average molecular weight is 312 g/mol. The van der Waals surface area contributed by atoms with Crippen LogP contribution in [0, 0.1) is 0 Å². The van der Waals surface area contributed by atoms with Crippen LogP contribution in [-0.4, -0.2) is 29.1 Å². The highest BCUT2D eigenvalue weighted by Crippen LogP contribution is 2.27. The van der Waals surface area contributed by atoms with E-state index in [-0.39, 0.29) is 12.5 Å². The molecule has 0 aliphatic heterocycles. The highest BCUT2D eigenvalue weighted by molar-refractivity contribution is 7.13. The van der Waals surface area contributed by atoms with E-state index in [1.54, 1.807) is 11.3 Å². The van der Waals surface area contributed by atoms with E-state index < -0.39 is 0 Å². The van der Waals surface area contributed by atoms with Gasteiger partial charge in [-0.3, -0.25) is 4.79 Å². The summed E-state index contributed by atoms with van der Waals surface area (Å²) < 4.78 is 0. The first kappa shape index (κ1) is 14.7. The second-order valence-electron chi connectivity index (χ2n) is 4.88. The normalized spacial score (nSPS) is 10.8. The Morgan fingerprint density at radius 3 is 2.86 bits per heavy atom. The lowest BCUT2D eigenvalue weighted by Gasteiger charge is -2.09. The molecule has 1 amide bonds.